The van der Waals surface area contributed by atoms with Gasteiger partial charge in [0.05, 0.1) is 26.1 Å². The van der Waals surface area contributed by atoms with Crippen LogP contribution in [0.1, 0.15) is 12.0 Å². The first kappa shape index (κ1) is 18.5. The number of rotatable bonds is 6. The lowest BCUT2D eigenvalue weighted by Gasteiger charge is -2.23. The third kappa shape index (κ3) is 2.85. The van der Waals surface area contributed by atoms with E-state index in [0.717, 1.165) is 16.9 Å². The van der Waals surface area contributed by atoms with Crippen LogP contribution in [-0.2, 0) is 20.9 Å². The molecule has 2 aliphatic carbocycles. The molecule has 1 heterocycles. The van der Waals surface area contributed by atoms with Gasteiger partial charge in [-0.05, 0) is 30.4 Å². The standard InChI is InChI=1S/C21H24N2O5/c1-22(10-14-6-7-15(27-2)9-16(14)28-3)17(24)11-23-20(25)18-12-4-5-13(8-12)19(18)21(23)26/h4-7,9,12-13,18-19H,8,10-11H2,1-3H3. The number of amides is 3. The molecule has 1 saturated heterocycles. The van der Waals surface area contributed by atoms with Crippen LogP contribution >= 0.6 is 0 Å². The molecular weight excluding hydrogens is 360 g/mol. The van der Waals surface area contributed by atoms with Crippen LogP contribution in [0.15, 0.2) is 30.4 Å². The van der Waals surface area contributed by atoms with E-state index in [4.69, 9.17) is 9.47 Å². The molecule has 2 bridgehead atoms. The molecule has 0 N–H and O–H groups in total. The first-order chi connectivity index (χ1) is 13.4. The van der Waals surface area contributed by atoms with Crippen LogP contribution in [0.25, 0.3) is 0 Å². The van der Waals surface area contributed by atoms with Crippen molar-refractivity contribution in [2.75, 3.05) is 27.8 Å². The van der Waals surface area contributed by atoms with E-state index in [0.29, 0.717) is 18.0 Å². The highest BCUT2D eigenvalue weighted by Gasteiger charge is 2.59. The zero-order chi connectivity index (χ0) is 20.0. The van der Waals surface area contributed by atoms with E-state index in [1.165, 1.54) is 4.90 Å². The van der Waals surface area contributed by atoms with Crippen LogP contribution in [0.2, 0.25) is 0 Å². The average Bonchev–Trinajstić information content (AvgIpc) is 3.38. The van der Waals surface area contributed by atoms with Crippen molar-refractivity contribution in [2.24, 2.45) is 23.7 Å². The zero-order valence-electron chi connectivity index (χ0n) is 16.3. The third-order valence-corrected chi connectivity index (χ3v) is 6.18. The SMILES string of the molecule is COc1ccc(CN(C)C(=O)CN2C(=O)C3C4C=CC(C4)C3C2=O)c(OC)c1. The minimum atomic E-state index is -0.278. The Balaban J connectivity index is 1.43. The summed E-state index contributed by atoms with van der Waals surface area (Å²) in [6.07, 6.45) is 4.97. The van der Waals surface area contributed by atoms with Crippen LogP contribution in [0.3, 0.4) is 0 Å². The van der Waals surface area contributed by atoms with Crippen molar-refractivity contribution in [3.8, 4) is 11.5 Å². The smallest absolute Gasteiger partial charge is 0.242 e. The van der Waals surface area contributed by atoms with Gasteiger partial charge in [-0.15, -0.1) is 0 Å². The lowest BCUT2D eigenvalue weighted by Crippen LogP contribution is -2.42. The molecule has 1 aromatic rings. The maximum atomic E-state index is 12.7. The minimum absolute atomic E-state index is 0.146. The normalized spacial score (nSPS) is 27.3. The molecule has 7 nitrogen and oxygen atoms in total. The van der Waals surface area contributed by atoms with Gasteiger partial charge in [0.15, 0.2) is 0 Å². The number of carbonyl (C=O) groups is 3. The number of nitrogens with zero attached hydrogens (tertiary/aromatic N) is 2. The average molecular weight is 384 g/mol. The van der Waals surface area contributed by atoms with E-state index < -0.39 is 0 Å². The fraction of sp³-hybridized carbons (Fsp3) is 0.476. The fourth-order valence-corrected chi connectivity index (χ4v) is 4.70. The Labute approximate surface area is 163 Å². The molecule has 28 heavy (non-hydrogen) atoms. The van der Waals surface area contributed by atoms with Gasteiger partial charge in [0.1, 0.15) is 18.0 Å². The summed E-state index contributed by atoms with van der Waals surface area (Å²) in [5, 5.41) is 0. The number of likely N-dealkylation sites (tertiary alicyclic amines) is 1. The van der Waals surface area contributed by atoms with Crippen molar-refractivity contribution in [3.63, 3.8) is 0 Å². The summed E-state index contributed by atoms with van der Waals surface area (Å²) in [6, 6.07) is 5.39. The monoisotopic (exact) mass is 384 g/mol. The number of hydrogen-bond acceptors (Lipinski definition) is 5. The molecule has 148 valence electrons. The van der Waals surface area contributed by atoms with Gasteiger partial charge in [-0.3, -0.25) is 19.3 Å². The number of ether oxygens (including phenoxy) is 2. The Hall–Kier alpha value is -2.83. The maximum absolute atomic E-state index is 12.7. The minimum Gasteiger partial charge on any atom is -0.497 e. The quantitative estimate of drug-likeness (QED) is 0.548. The summed E-state index contributed by atoms with van der Waals surface area (Å²) >= 11 is 0. The molecule has 0 aromatic heterocycles. The second-order valence-electron chi connectivity index (χ2n) is 7.69. The number of fused-ring (bicyclic) bond motifs is 5. The number of benzene rings is 1. The van der Waals surface area contributed by atoms with E-state index in [2.05, 4.69) is 0 Å². The molecule has 2 fully saturated rings. The summed E-state index contributed by atoms with van der Waals surface area (Å²) in [5.41, 5.74) is 0.817. The van der Waals surface area contributed by atoms with Crippen molar-refractivity contribution in [2.45, 2.75) is 13.0 Å². The number of imide groups is 1. The summed E-state index contributed by atoms with van der Waals surface area (Å²) in [7, 11) is 4.79. The zero-order valence-corrected chi connectivity index (χ0v) is 16.3. The van der Waals surface area contributed by atoms with E-state index in [9.17, 15) is 14.4 Å². The van der Waals surface area contributed by atoms with Crippen molar-refractivity contribution < 1.29 is 23.9 Å². The second kappa shape index (κ2) is 6.96. The Morgan fingerprint density at radius 1 is 1.11 bits per heavy atom. The van der Waals surface area contributed by atoms with Crippen LogP contribution in [0, 0.1) is 23.7 Å². The molecule has 4 unspecified atom stereocenters. The molecule has 1 saturated carbocycles. The largest absolute Gasteiger partial charge is 0.497 e. The van der Waals surface area contributed by atoms with Gasteiger partial charge in [0, 0.05) is 25.2 Å². The molecule has 3 amide bonds. The maximum Gasteiger partial charge on any atom is 0.242 e. The Morgan fingerprint density at radius 3 is 2.32 bits per heavy atom. The van der Waals surface area contributed by atoms with Gasteiger partial charge in [-0.25, -0.2) is 0 Å². The second-order valence-corrected chi connectivity index (χ2v) is 7.69. The van der Waals surface area contributed by atoms with E-state index >= 15 is 0 Å². The van der Waals surface area contributed by atoms with Crippen molar-refractivity contribution in [3.05, 3.63) is 35.9 Å². The molecule has 4 atom stereocenters. The predicted molar refractivity (Wildman–Crippen MR) is 100 cm³/mol. The van der Waals surface area contributed by atoms with E-state index in [-0.39, 0.29) is 47.9 Å². The van der Waals surface area contributed by atoms with Crippen molar-refractivity contribution >= 4 is 17.7 Å². The molecule has 7 heteroatoms. The van der Waals surface area contributed by atoms with Gasteiger partial charge < -0.3 is 14.4 Å². The molecule has 3 aliphatic rings. The van der Waals surface area contributed by atoms with Crippen LogP contribution in [-0.4, -0.2) is 55.3 Å². The highest BCUT2D eigenvalue weighted by Crippen LogP contribution is 2.52. The third-order valence-electron chi connectivity index (χ3n) is 6.18. The lowest BCUT2D eigenvalue weighted by atomic mass is 9.85. The van der Waals surface area contributed by atoms with Gasteiger partial charge in [0.25, 0.3) is 0 Å². The van der Waals surface area contributed by atoms with Crippen LogP contribution < -0.4 is 9.47 Å². The summed E-state index contributed by atoms with van der Waals surface area (Å²) in [6.45, 7) is 0.0982. The van der Waals surface area contributed by atoms with Gasteiger partial charge >= 0.3 is 0 Å². The van der Waals surface area contributed by atoms with Gasteiger partial charge in [-0.1, -0.05) is 12.2 Å². The molecular formula is C21H24N2O5. The highest BCUT2D eigenvalue weighted by atomic mass is 16.5. The number of likely N-dealkylation sites (N-methyl/N-ethyl adjacent to an activating group) is 1. The number of methoxy groups -OCH3 is 2. The molecule has 0 spiro atoms. The topological polar surface area (TPSA) is 76.2 Å². The first-order valence-electron chi connectivity index (χ1n) is 9.43. The Kier molecular flexibility index (Phi) is 4.61. The molecule has 1 aliphatic heterocycles. The summed E-state index contributed by atoms with van der Waals surface area (Å²) < 4.78 is 10.6. The first-order valence-corrected chi connectivity index (χ1v) is 9.43. The summed E-state index contributed by atoms with van der Waals surface area (Å²) in [4.78, 5) is 40.9. The lowest BCUT2D eigenvalue weighted by molar-refractivity contribution is -0.146. The summed E-state index contributed by atoms with van der Waals surface area (Å²) in [5.74, 6) is 0.346. The van der Waals surface area contributed by atoms with E-state index in [1.54, 1.807) is 33.4 Å². The predicted octanol–water partition coefficient (Wildman–Crippen LogP) is 1.47. The Morgan fingerprint density at radius 2 is 1.75 bits per heavy atom. The van der Waals surface area contributed by atoms with Crippen molar-refractivity contribution in [1.29, 1.82) is 0 Å². The fourth-order valence-electron chi connectivity index (χ4n) is 4.70. The molecule has 4 rings (SSSR count). The molecule has 0 radical (unpaired) electrons. The Bertz CT molecular complexity index is 834. The number of carbonyl (C=O) groups excluding carboxylic acids is 3. The van der Waals surface area contributed by atoms with Crippen molar-refractivity contribution in [1.82, 2.24) is 9.80 Å². The van der Waals surface area contributed by atoms with Crippen LogP contribution in [0.4, 0.5) is 0 Å². The number of hydrogen-bond donors (Lipinski definition) is 0. The highest BCUT2D eigenvalue weighted by molar-refractivity contribution is 6.08. The van der Waals surface area contributed by atoms with Crippen LogP contribution in [0.5, 0.6) is 11.5 Å². The number of allylic oxidation sites excluding steroid dienone is 2. The van der Waals surface area contributed by atoms with E-state index in [1.807, 2.05) is 18.2 Å². The molecule has 1 aromatic carbocycles. The van der Waals surface area contributed by atoms with Gasteiger partial charge in [0.2, 0.25) is 17.7 Å². The van der Waals surface area contributed by atoms with Gasteiger partial charge in [-0.2, -0.15) is 0 Å².